The molecule has 4 rings (SSSR count). The lowest BCUT2D eigenvalue weighted by atomic mass is 10.0. The first kappa shape index (κ1) is 27.9. The van der Waals surface area contributed by atoms with E-state index in [1.807, 2.05) is 6.92 Å². The summed E-state index contributed by atoms with van der Waals surface area (Å²) >= 11 is 12.4. The molecule has 0 radical (unpaired) electrons. The van der Waals surface area contributed by atoms with E-state index in [4.69, 9.17) is 32.7 Å². The number of carbonyl (C=O) groups excluding carboxylic acids is 1. The van der Waals surface area contributed by atoms with Crippen LogP contribution in [0.15, 0.2) is 47.5 Å². The smallest absolute Gasteiger partial charge is 0.305 e. The van der Waals surface area contributed by atoms with E-state index in [9.17, 15) is 17.6 Å². The molecule has 1 aromatic heterocycles. The highest BCUT2D eigenvalue weighted by molar-refractivity contribution is 7.93. The monoisotopic (exact) mass is 581 g/mol. The largest absolute Gasteiger partial charge is 0.486 e. The van der Waals surface area contributed by atoms with Crippen molar-refractivity contribution in [3.63, 3.8) is 0 Å². The number of anilines is 1. The molecule has 0 amide bonds. The van der Waals surface area contributed by atoms with Crippen molar-refractivity contribution >= 4 is 56.5 Å². The Balaban J connectivity index is 1.78. The molecule has 1 atom stereocenters. The van der Waals surface area contributed by atoms with Crippen LogP contribution in [0.4, 0.5) is 10.1 Å². The van der Waals surface area contributed by atoms with Crippen LogP contribution in [0.3, 0.4) is 0 Å². The lowest BCUT2D eigenvalue weighted by Crippen LogP contribution is -2.43. The van der Waals surface area contributed by atoms with Crippen LogP contribution in [-0.2, 0) is 26.1 Å². The molecule has 0 saturated heterocycles. The van der Waals surface area contributed by atoms with Crippen molar-refractivity contribution in [1.29, 1.82) is 0 Å². The lowest BCUT2D eigenvalue weighted by Gasteiger charge is -2.35. The number of aromatic nitrogens is 2. The van der Waals surface area contributed by atoms with Crippen molar-refractivity contribution in [2.75, 3.05) is 18.0 Å². The van der Waals surface area contributed by atoms with Gasteiger partial charge in [-0.2, -0.15) is 5.10 Å². The van der Waals surface area contributed by atoms with E-state index in [0.717, 1.165) is 0 Å². The average Bonchev–Trinajstić information content (AvgIpc) is 3.28. The first-order valence-corrected chi connectivity index (χ1v) is 14.0. The molecular formula is C26H26Cl2FN3O5S. The van der Waals surface area contributed by atoms with Gasteiger partial charge in [-0.15, -0.1) is 0 Å². The number of aryl methyl sites for hydroxylation is 1. The fourth-order valence-electron chi connectivity index (χ4n) is 4.21. The SMILES string of the molecule is CCn1cc(S(=O)(=O)N2CC(CCC(=O)OC)Oc3ccc(/C=C(\C)c4c(F)cccc4Cl)cc32)c(Cl)n1. The van der Waals surface area contributed by atoms with E-state index in [0.29, 0.717) is 23.4 Å². The van der Waals surface area contributed by atoms with Gasteiger partial charge in [-0.05, 0) is 55.7 Å². The highest BCUT2D eigenvalue weighted by Gasteiger charge is 2.37. The number of benzene rings is 2. The van der Waals surface area contributed by atoms with E-state index >= 15 is 0 Å². The van der Waals surface area contributed by atoms with Crippen molar-refractivity contribution in [2.24, 2.45) is 0 Å². The van der Waals surface area contributed by atoms with Crippen LogP contribution in [0, 0.1) is 5.82 Å². The van der Waals surface area contributed by atoms with Gasteiger partial charge in [0, 0.05) is 24.7 Å². The maximum Gasteiger partial charge on any atom is 0.305 e. The number of methoxy groups -OCH3 is 1. The van der Waals surface area contributed by atoms with Crippen LogP contribution in [0.5, 0.6) is 5.75 Å². The van der Waals surface area contributed by atoms with E-state index < -0.39 is 27.9 Å². The molecule has 2 aromatic carbocycles. The molecule has 1 aliphatic heterocycles. The quantitative estimate of drug-likeness (QED) is 0.246. The van der Waals surface area contributed by atoms with Crippen LogP contribution in [0.2, 0.25) is 10.2 Å². The second-order valence-corrected chi connectivity index (χ2v) is 11.3. The number of fused-ring (bicyclic) bond motifs is 1. The Bertz CT molecular complexity index is 1490. The first-order chi connectivity index (χ1) is 18.0. The molecule has 0 bridgehead atoms. The Morgan fingerprint density at radius 2 is 2.05 bits per heavy atom. The molecule has 0 fully saturated rings. The molecule has 1 aliphatic rings. The van der Waals surface area contributed by atoms with Crippen molar-refractivity contribution in [2.45, 2.75) is 44.2 Å². The Hall–Kier alpha value is -3.08. The number of hydrogen-bond donors (Lipinski definition) is 0. The summed E-state index contributed by atoms with van der Waals surface area (Å²) < 4.78 is 55.6. The first-order valence-electron chi connectivity index (χ1n) is 11.8. The third-order valence-electron chi connectivity index (χ3n) is 6.13. The van der Waals surface area contributed by atoms with Crippen LogP contribution >= 0.6 is 23.2 Å². The number of hydrogen-bond acceptors (Lipinski definition) is 6. The topological polar surface area (TPSA) is 90.7 Å². The predicted octanol–water partition coefficient (Wildman–Crippen LogP) is 5.82. The Morgan fingerprint density at radius 3 is 2.71 bits per heavy atom. The Kier molecular flexibility index (Phi) is 8.34. The molecule has 1 unspecified atom stereocenters. The van der Waals surface area contributed by atoms with Crippen molar-refractivity contribution in [1.82, 2.24) is 9.78 Å². The predicted molar refractivity (Wildman–Crippen MR) is 145 cm³/mol. The van der Waals surface area contributed by atoms with Crippen LogP contribution < -0.4 is 9.04 Å². The summed E-state index contributed by atoms with van der Waals surface area (Å²) in [6, 6.07) is 9.45. The maximum absolute atomic E-state index is 14.5. The van der Waals surface area contributed by atoms with Gasteiger partial charge in [-0.1, -0.05) is 41.4 Å². The van der Waals surface area contributed by atoms with Gasteiger partial charge < -0.3 is 9.47 Å². The second-order valence-electron chi connectivity index (χ2n) is 8.68. The minimum atomic E-state index is -4.16. The number of esters is 1. The van der Waals surface area contributed by atoms with Gasteiger partial charge in [-0.25, -0.2) is 12.8 Å². The molecule has 0 saturated carbocycles. The van der Waals surface area contributed by atoms with Crippen molar-refractivity contribution < 1.29 is 27.1 Å². The normalized spacial score (nSPS) is 15.7. The van der Waals surface area contributed by atoms with Gasteiger partial charge in [-0.3, -0.25) is 13.8 Å². The standard InChI is InChI=1S/C26H26Cl2FN3O5S/c1-4-31-15-23(26(28)30-31)38(34,35)32-14-18(9-11-24(33)36-3)37-22-10-8-17(13-21(22)32)12-16(2)25-19(27)6-5-7-20(25)29/h5-8,10,12-13,15,18H,4,9,11,14H2,1-3H3/b16-12+. The summed E-state index contributed by atoms with van der Waals surface area (Å²) in [6.45, 7) is 3.90. The van der Waals surface area contributed by atoms with E-state index in [-0.39, 0.29) is 45.7 Å². The van der Waals surface area contributed by atoms with E-state index in [1.54, 1.807) is 37.3 Å². The van der Waals surface area contributed by atoms with Gasteiger partial charge in [0.2, 0.25) is 0 Å². The zero-order chi connectivity index (χ0) is 27.6. The summed E-state index contributed by atoms with van der Waals surface area (Å²) in [4.78, 5) is 11.6. The number of ether oxygens (including phenoxy) is 2. The second kappa shape index (κ2) is 11.3. The fraction of sp³-hybridized carbons (Fsp3) is 0.308. The van der Waals surface area contributed by atoms with Crippen molar-refractivity contribution in [3.8, 4) is 5.75 Å². The summed E-state index contributed by atoms with van der Waals surface area (Å²) in [7, 11) is -2.88. The highest BCUT2D eigenvalue weighted by Crippen LogP contribution is 2.40. The molecule has 2 heterocycles. The number of carbonyl (C=O) groups is 1. The maximum atomic E-state index is 14.5. The van der Waals surface area contributed by atoms with Crippen LogP contribution in [0.1, 0.15) is 37.8 Å². The Morgan fingerprint density at radius 1 is 1.29 bits per heavy atom. The molecule has 3 aromatic rings. The zero-order valence-corrected chi connectivity index (χ0v) is 23.3. The molecule has 38 heavy (non-hydrogen) atoms. The van der Waals surface area contributed by atoms with Crippen LogP contribution in [-0.4, -0.2) is 43.9 Å². The summed E-state index contributed by atoms with van der Waals surface area (Å²) in [5.41, 5.74) is 1.70. The number of nitrogens with zero attached hydrogens (tertiary/aromatic N) is 3. The summed E-state index contributed by atoms with van der Waals surface area (Å²) in [5.74, 6) is -0.580. The van der Waals surface area contributed by atoms with Gasteiger partial charge in [0.1, 0.15) is 22.6 Å². The number of sulfonamides is 1. The highest BCUT2D eigenvalue weighted by atomic mass is 35.5. The number of rotatable bonds is 8. The van der Waals surface area contributed by atoms with Gasteiger partial charge in [0.25, 0.3) is 10.0 Å². The third-order valence-corrected chi connectivity index (χ3v) is 8.62. The summed E-state index contributed by atoms with van der Waals surface area (Å²) in [5, 5.41) is 4.19. The molecule has 0 N–H and O–H groups in total. The van der Waals surface area contributed by atoms with Gasteiger partial charge in [0.05, 0.1) is 24.4 Å². The van der Waals surface area contributed by atoms with Gasteiger partial charge >= 0.3 is 5.97 Å². The fourth-order valence-corrected chi connectivity index (χ4v) is 6.47. The third kappa shape index (κ3) is 5.67. The molecule has 202 valence electrons. The van der Waals surface area contributed by atoms with E-state index in [2.05, 4.69) is 5.10 Å². The molecule has 0 aliphatic carbocycles. The van der Waals surface area contributed by atoms with Crippen molar-refractivity contribution in [3.05, 3.63) is 69.7 Å². The molecule has 0 spiro atoms. The minimum absolute atomic E-state index is 0.0579. The Labute approximate surface area is 230 Å². The van der Waals surface area contributed by atoms with Gasteiger partial charge in [0.15, 0.2) is 5.15 Å². The lowest BCUT2D eigenvalue weighted by molar-refractivity contribution is -0.141. The van der Waals surface area contributed by atoms with E-state index in [1.165, 1.54) is 34.4 Å². The molecule has 12 heteroatoms. The number of allylic oxidation sites excluding steroid dienone is 1. The molecular weight excluding hydrogens is 556 g/mol. The zero-order valence-electron chi connectivity index (χ0n) is 20.9. The number of halogens is 3. The molecule has 8 nitrogen and oxygen atoms in total. The minimum Gasteiger partial charge on any atom is -0.486 e. The average molecular weight is 582 g/mol. The summed E-state index contributed by atoms with van der Waals surface area (Å²) in [6.07, 6.45) is 2.77. The van der Waals surface area contributed by atoms with Crippen LogP contribution in [0.25, 0.3) is 11.6 Å².